The molecule has 5 heteroatoms. The fraction of sp³-hybridized carbons (Fsp3) is 0.455. The van der Waals surface area contributed by atoms with E-state index in [-0.39, 0.29) is 12.3 Å². The van der Waals surface area contributed by atoms with E-state index in [4.69, 9.17) is 5.11 Å². The van der Waals surface area contributed by atoms with Crippen molar-refractivity contribution in [2.45, 2.75) is 6.42 Å². The number of rotatable bonds is 9. The molecule has 0 aliphatic carbocycles. The molecule has 0 aliphatic heterocycles. The van der Waals surface area contributed by atoms with Crippen molar-refractivity contribution in [1.29, 1.82) is 0 Å². The van der Waals surface area contributed by atoms with Gasteiger partial charge in [0.2, 0.25) is 5.91 Å². The van der Waals surface area contributed by atoms with Crippen LogP contribution in [0.3, 0.4) is 0 Å². The molecule has 1 amide bonds. The number of carboxylic acids is 1. The fourth-order valence-electron chi connectivity index (χ4n) is 1.00. The molecule has 16 heavy (non-hydrogen) atoms. The van der Waals surface area contributed by atoms with Gasteiger partial charge >= 0.3 is 5.97 Å². The third-order valence-electron chi connectivity index (χ3n) is 1.74. The van der Waals surface area contributed by atoms with Gasteiger partial charge in [-0.3, -0.25) is 9.59 Å². The quantitative estimate of drug-likeness (QED) is 0.491. The van der Waals surface area contributed by atoms with Crippen LogP contribution >= 0.6 is 11.8 Å². The van der Waals surface area contributed by atoms with Gasteiger partial charge in [0.05, 0.1) is 12.2 Å². The Morgan fingerprint density at radius 1 is 1.25 bits per heavy atom. The first kappa shape index (κ1) is 14.8. The molecule has 1 N–H and O–H groups in total. The van der Waals surface area contributed by atoms with Crippen molar-refractivity contribution >= 4 is 23.6 Å². The Morgan fingerprint density at radius 2 is 1.81 bits per heavy atom. The molecule has 0 bridgehead atoms. The second-order valence-corrected chi connectivity index (χ2v) is 4.18. The van der Waals surface area contributed by atoms with E-state index in [1.54, 1.807) is 17.1 Å². The number of carbonyl (C=O) groups is 2. The van der Waals surface area contributed by atoms with Gasteiger partial charge in [0.1, 0.15) is 0 Å². The molecule has 0 aliphatic rings. The average Bonchev–Trinajstić information content (AvgIpc) is 2.23. The first-order valence-corrected chi connectivity index (χ1v) is 6.06. The molecule has 0 spiro atoms. The molecule has 90 valence electrons. The SMILES string of the molecule is C=CCN(CC=C)C(=O)CSCCC(=O)O. The maximum absolute atomic E-state index is 11.6. The summed E-state index contributed by atoms with van der Waals surface area (Å²) in [4.78, 5) is 23.5. The first-order chi connectivity index (χ1) is 7.61. The van der Waals surface area contributed by atoms with Crippen LogP contribution in [-0.2, 0) is 9.59 Å². The number of carbonyl (C=O) groups excluding carboxylic acids is 1. The van der Waals surface area contributed by atoms with E-state index in [1.807, 2.05) is 0 Å². The predicted molar refractivity (Wildman–Crippen MR) is 66.6 cm³/mol. The second kappa shape index (κ2) is 9.03. The van der Waals surface area contributed by atoms with Crippen molar-refractivity contribution in [3.8, 4) is 0 Å². The lowest BCUT2D eigenvalue weighted by Crippen LogP contribution is -2.32. The van der Waals surface area contributed by atoms with Crippen LogP contribution in [0.4, 0.5) is 0 Å². The molecule has 0 radical (unpaired) electrons. The first-order valence-electron chi connectivity index (χ1n) is 4.91. The zero-order valence-electron chi connectivity index (χ0n) is 9.22. The largest absolute Gasteiger partial charge is 0.481 e. The van der Waals surface area contributed by atoms with Crippen molar-refractivity contribution in [2.24, 2.45) is 0 Å². The van der Waals surface area contributed by atoms with Gasteiger partial charge in [-0.15, -0.1) is 13.2 Å². The number of hydrogen-bond acceptors (Lipinski definition) is 3. The summed E-state index contributed by atoms with van der Waals surface area (Å²) in [6.45, 7) is 8.13. The Bertz CT molecular complexity index is 256. The number of amides is 1. The molecule has 0 heterocycles. The summed E-state index contributed by atoms with van der Waals surface area (Å²) in [6, 6.07) is 0. The Morgan fingerprint density at radius 3 is 2.25 bits per heavy atom. The van der Waals surface area contributed by atoms with Crippen LogP contribution in [0.2, 0.25) is 0 Å². The highest BCUT2D eigenvalue weighted by atomic mass is 32.2. The summed E-state index contributed by atoms with van der Waals surface area (Å²) in [6.07, 6.45) is 3.40. The lowest BCUT2D eigenvalue weighted by atomic mass is 10.4. The van der Waals surface area contributed by atoms with Crippen LogP contribution in [0.1, 0.15) is 6.42 Å². The van der Waals surface area contributed by atoms with Crippen molar-refractivity contribution < 1.29 is 14.7 Å². The van der Waals surface area contributed by atoms with E-state index in [2.05, 4.69) is 13.2 Å². The van der Waals surface area contributed by atoms with Crippen molar-refractivity contribution in [3.63, 3.8) is 0 Å². The number of thioether (sulfide) groups is 1. The summed E-state index contributed by atoms with van der Waals surface area (Å²) in [7, 11) is 0. The molecule has 0 saturated carbocycles. The Balaban J connectivity index is 3.86. The number of nitrogens with zero attached hydrogens (tertiary/aromatic N) is 1. The third-order valence-corrected chi connectivity index (χ3v) is 2.68. The van der Waals surface area contributed by atoms with Gasteiger partial charge in [-0.1, -0.05) is 12.2 Å². The highest BCUT2D eigenvalue weighted by molar-refractivity contribution is 7.99. The summed E-state index contributed by atoms with van der Waals surface area (Å²) < 4.78 is 0. The van der Waals surface area contributed by atoms with E-state index >= 15 is 0 Å². The van der Waals surface area contributed by atoms with Gasteiger partial charge in [-0.05, 0) is 0 Å². The molecular formula is C11H17NO3S. The molecule has 0 rings (SSSR count). The van der Waals surface area contributed by atoms with Gasteiger partial charge < -0.3 is 10.0 Å². The summed E-state index contributed by atoms with van der Waals surface area (Å²) in [5.74, 6) is -0.101. The van der Waals surface area contributed by atoms with E-state index in [0.717, 1.165) is 0 Å². The van der Waals surface area contributed by atoms with E-state index in [0.29, 0.717) is 24.6 Å². The zero-order chi connectivity index (χ0) is 12.4. The molecule has 0 aromatic rings. The monoisotopic (exact) mass is 243 g/mol. The van der Waals surface area contributed by atoms with Crippen molar-refractivity contribution in [2.75, 3.05) is 24.6 Å². The maximum atomic E-state index is 11.6. The minimum absolute atomic E-state index is 0.0183. The van der Waals surface area contributed by atoms with Crippen molar-refractivity contribution in [1.82, 2.24) is 4.90 Å². The Kier molecular flexibility index (Phi) is 8.34. The van der Waals surface area contributed by atoms with Crippen LogP contribution in [0, 0.1) is 0 Å². The normalized spacial score (nSPS) is 9.50. The van der Waals surface area contributed by atoms with E-state index < -0.39 is 5.97 Å². The smallest absolute Gasteiger partial charge is 0.304 e. The molecule has 0 unspecified atom stereocenters. The summed E-state index contributed by atoms with van der Waals surface area (Å²) in [5.41, 5.74) is 0. The highest BCUT2D eigenvalue weighted by Crippen LogP contribution is 2.05. The van der Waals surface area contributed by atoms with Crippen LogP contribution in [0.5, 0.6) is 0 Å². The van der Waals surface area contributed by atoms with Crippen LogP contribution in [-0.4, -0.2) is 46.5 Å². The number of hydrogen-bond donors (Lipinski definition) is 1. The van der Waals surface area contributed by atoms with Crippen molar-refractivity contribution in [3.05, 3.63) is 25.3 Å². The van der Waals surface area contributed by atoms with Gasteiger partial charge in [0.25, 0.3) is 0 Å². The molecular weight excluding hydrogens is 226 g/mol. The minimum atomic E-state index is -0.839. The van der Waals surface area contributed by atoms with Gasteiger partial charge in [0, 0.05) is 18.8 Å². The maximum Gasteiger partial charge on any atom is 0.304 e. The van der Waals surface area contributed by atoms with Crippen LogP contribution in [0.25, 0.3) is 0 Å². The Hall–Kier alpha value is -1.23. The Labute approximate surface area is 100 Å². The average molecular weight is 243 g/mol. The number of aliphatic carboxylic acids is 1. The summed E-state index contributed by atoms with van der Waals surface area (Å²) >= 11 is 1.33. The van der Waals surface area contributed by atoms with Gasteiger partial charge in [0.15, 0.2) is 0 Å². The second-order valence-electron chi connectivity index (χ2n) is 3.07. The van der Waals surface area contributed by atoms with Crippen LogP contribution < -0.4 is 0 Å². The highest BCUT2D eigenvalue weighted by Gasteiger charge is 2.10. The van der Waals surface area contributed by atoms with E-state index in [1.165, 1.54) is 11.8 Å². The minimum Gasteiger partial charge on any atom is -0.481 e. The molecule has 0 fully saturated rings. The third kappa shape index (κ3) is 7.11. The van der Waals surface area contributed by atoms with Crippen LogP contribution in [0.15, 0.2) is 25.3 Å². The fourth-order valence-corrected chi connectivity index (χ4v) is 1.82. The zero-order valence-corrected chi connectivity index (χ0v) is 10.0. The lowest BCUT2D eigenvalue weighted by Gasteiger charge is -2.18. The molecule has 0 saturated heterocycles. The molecule has 4 nitrogen and oxygen atoms in total. The molecule has 0 aromatic heterocycles. The predicted octanol–water partition coefficient (Wildman–Crippen LogP) is 1.39. The van der Waals surface area contributed by atoms with Gasteiger partial charge in [-0.25, -0.2) is 0 Å². The molecule has 0 atom stereocenters. The topological polar surface area (TPSA) is 57.6 Å². The standard InChI is InChI=1S/C11H17NO3S/c1-3-6-12(7-4-2)10(13)9-16-8-5-11(14)15/h3-4H,1-2,5-9H2,(H,14,15). The number of carboxylic acid groups (broad SMARTS) is 1. The van der Waals surface area contributed by atoms with E-state index in [9.17, 15) is 9.59 Å². The summed E-state index contributed by atoms with van der Waals surface area (Å²) in [5, 5.41) is 8.42. The molecule has 0 aromatic carbocycles. The lowest BCUT2D eigenvalue weighted by molar-refractivity contribution is -0.136. The van der Waals surface area contributed by atoms with Gasteiger partial charge in [-0.2, -0.15) is 11.8 Å².